The Balaban J connectivity index is 0.00000144. The molecular weight excluding hydrogens is 259 g/mol. The zero-order valence-corrected chi connectivity index (χ0v) is 9.18. The monoisotopic (exact) mass is 266 g/mol. The molecule has 0 saturated heterocycles. The molecule has 0 spiro atoms. The molecule has 0 aliphatic carbocycles. The third kappa shape index (κ3) is 2.57. The van der Waals surface area contributed by atoms with Gasteiger partial charge in [-0.05, 0) is 13.0 Å². The molecule has 1 rings (SSSR count). The first-order chi connectivity index (χ1) is 5.52. The number of nitro benzene ring substituents is 1. The average Bonchev–Trinajstić information content (AvgIpc) is 1.96. The van der Waals surface area contributed by atoms with Gasteiger partial charge >= 0.3 is 0 Å². The van der Waals surface area contributed by atoms with Crippen molar-refractivity contribution in [3.63, 3.8) is 0 Å². The van der Waals surface area contributed by atoms with E-state index in [1.807, 2.05) is 0 Å². The molecule has 4 nitrogen and oxygen atoms in total. The molecule has 0 unspecified atom stereocenters. The fourth-order valence-corrected chi connectivity index (χ4v) is 1.34. The van der Waals surface area contributed by atoms with Crippen LogP contribution in [0.1, 0.15) is 5.56 Å². The lowest BCUT2D eigenvalue weighted by Gasteiger charge is -2.01. The van der Waals surface area contributed by atoms with E-state index in [9.17, 15) is 10.1 Å². The zero-order chi connectivity index (χ0) is 9.30. The van der Waals surface area contributed by atoms with Gasteiger partial charge in [0, 0.05) is 21.8 Å². The van der Waals surface area contributed by atoms with Gasteiger partial charge in [-0.1, -0.05) is 15.9 Å². The number of anilines is 1. The number of benzene rings is 1. The maximum Gasteiger partial charge on any atom is 0.275 e. The number of halogens is 2. The summed E-state index contributed by atoms with van der Waals surface area (Å²) in [5.74, 6) is 0. The number of nitrogens with zero attached hydrogens (tertiary/aromatic N) is 1. The second-order valence-electron chi connectivity index (χ2n) is 2.40. The van der Waals surface area contributed by atoms with E-state index in [0.29, 0.717) is 15.7 Å². The van der Waals surface area contributed by atoms with E-state index >= 15 is 0 Å². The Labute approximate surface area is 89.8 Å². The SMILES string of the molecule is Cc1c(N)cc(Br)cc1[N+](=O)[O-].Cl. The van der Waals surface area contributed by atoms with Crippen LogP contribution in [0.2, 0.25) is 0 Å². The maximum atomic E-state index is 10.5. The molecule has 0 aliphatic heterocycles. The maximum absolute atomic E-state index is 10.5. The fraction of sp³-hybridized carbons (Fsp3) is 0.143. The van der Waals surface area contributed by atoms with Crippen LogP contribution in [0.15, 0.2) is 16.6 Å². The van der Waals surface area contributed by atoms with Crippen LogP contribution in [-0.4, -0.2) is 4.92 Å². The summed E-state index contributed by atoms with van der Waals surface area (Å²) in [5, 5.41) is 10.5. The summed E-state index contributed by atoms with van der Waals surface area (Å²) in [4.78, 5) is 10.0. The lowest BCUT2D eigenvalue weighted by molar-refractivity contribution is -0.385. The van der Waals surface area contributed by atoms with Gasteiger partial charge in [-0.3, -0.25) is 10.1 Å². The summed E-state index contributed by atoms with van der Waals surface area (Å²) in [7, 11) is 0. The van der Waals surface area contributed by atoms with E-state index in [1.54, 1.807) is 13.0 Å². The summed E-state index contributed by atoms with van der Waals surface area (Å²) in [5.41, 5.74) is 6.50. The molecule has 0 radical (unpaired) electrons. The van der Waals surface area contributed by atoms with Gasteiger partial charge in [-0.25, -0.2) is 0 Å². The first kappa shape index (κ1) is 12.2. The molecule has 0 aromatic heterocycles. The van der Waals surface area contributed by atoms with Crippen molar-refractivity contribution in [3.05, 3.63) is 32.3 Å². The minimum Gasteiger partial charge on any atom is -0.398 e. The van der Waals surface area contributed by atoms with Gasteiger partial charge in [-0.2, -0.15) is 0 Å². The highest BCUT2D eigenvalue weighted by Crippen LogP contribution is 2.27. The molecule has 0 fully saturated rings. The molecule has 0 saturated carbocycles. The summed E-state index contributed by atoms with van der Waals surface area (Å²) >= 11 is 3.13. The number of nitrogens with two attached hydrogens (primary N) is 1. The van der Waals surface area contributed by atoms with Crippen molar-refractivity contribution in [2.24, 2.45) is 0 Å². The molecule has 1 aromatic carbocycles. The van der Waals surface area contributed by atoms with Crippen LogP contribution in [0.25, 0.3) is 0 Å². The van der Waals surface area contributed by atoms with E-state index in [-0.39, 0.29) is 18.1 Å². The molecule has 0 bridgehead atoms. The van der Waals surface area contributed by atoms with Crippen LogP contribution in [0.3, 0.4) is 0 Å². The van der Waals surface area contributed by atoms with Crippen molar-refractivity contribution in [2.75, 3.05) is 5.73 Å². The van der Waals surface area contributed by atoms with Gasteiger partial charge in [-0.15, -0.1) is 12.4 Å². The van der Waals surface area contributed by atoms with Crippen molar-refractivity contribution < 1.29 is 4.92 Å². The van der Waals surface area contributed by atoms with Crippen LogP contribution in [0, 0.1) is 17.0 Å². The molecule has 0 atom stereocenters. The normalized spacial score (nSPS) is 9.08. The van der Waals surface area contributed by atoms with Crippen LogP contribution < -0.4 is 5.73 Å². The minimum absolute atomic E-state index is 0. The smallest absolute Gasteiger partial charge is 0.275 e. The van der Waals surface area contributed by atoms with Gasteiger partial charge in [0.25, 0.3) is 5.69 Å². The van der Waals surface area contributed by atoms with Gasteiger partial charge in [0.2, 0.25) is 0 Å². The lowest BCUT2D eigenvalue weighted by atomic mass is 10.2. The Kier molecular flexibility index (Phi) is 4.16. The van der Waals surface area contributed by atoms with Crippen molar-refractivity contribution in [1.82, 2.24) is 0 Å². The van der Waals surface area contributed by atoms with E-state index in [2.05, 4.69) is 15.9 Å². The lowest BCUT2D eigenvalue weighted by Crippen LogP contribution is -1.96. The molecule has 6 heteroatoms. The summed E-state index contributed by atoms with van der Waals surface area (Å²) in [6.07, 6.45) is 0. The van der Waals surface area contributed by atoms with E-state index in [0.717, 1.165) is 0 Å². The van der Waals surface area contributed by atoms with E-state index in [1.165, 1.54) is 6.07 Å². The first-order valence-corrected chi connectivity index (χ1v) is 4.01. The first-order valence-electron chi connectivity index (χ1n) is 3.22. The number of hydrogen-bond donors (Lipinski definition) is 1. The highest BCUT2D eigenvalue weighted by atomic mass is 79.9. The zero-order valence-electron chi connectivity index (χ0n) is 6.78. The fourth-order valence-electron chi connectivity index (χ4n) is 0.875. The largest absolute Gasteiger partial charge is 0.398 e. The number of hydrogen-bond acceptors (Lipinski definition) is 3. The number of nitrogen functional groups attached to an aromatic ring is 1. The summed E-state index contributed by atoms with van der Waals surface area (Å²) in [6.45, 7) is 1.62. The molecule has 1 aromatic rings. The highest BCUT2D eigenvalue weighted by molar-refractivity contribution is 9.10. The van der Waals surface area contributed by atoms with E-state index < -0.39 is 4.92 Å². The molecule has 0 aliphatic rings. The van der Waals surface area contributed by atoms with Crippen LogP contribution in [-0.2, 0) is 0 Å². The molecule has 2 N–H and O–H groups in total. The third-order valence-corrected chi connectivity index (χ3v) is 2.04. The molecule has 72 valence electrons. The molecule has 0 heterocycles. The van der Waals surface area contributed by atoms with Crippen LogP contribution in [0.5, 0.6) is 0 Å². The predicted molar refractivity (Wildman–Crippen MR) is 57.2 cm³/mol. The molecular formula is C7H8BrClN2O2. The second kappa shape index (κ2) is 4.43. The summed E-state index contributed by atoms with van der Waals surface area (Å²) < 4.78 is 0.622. The topological polar surface area (TPSA) is 69.2 Å². The van der Waals surface area contributed by atoms with Crippen LogP contribution in [0.4, 0.5) is 11.4 Å². The van der Waals surface area contributed by atoms with Crippen molar-refractivity contribution in [1.29, 1.82) is 0 Å². The van der Waals surface area contributed by atoms with Gasteiger partial charge in [0.05, 0.1) is 4.92 Å². The highest BCUT2D eigenvalue weighted by Gasteiger charge is 2.13. The molecule has 13 heavy (non-hydrogen) atoms. The summed E-state index contributed by atoms with van der Waals surface area (Å²) in [6, 6.07) is 3.08. The average molecular weight is 268 g/mol. The Morgan fingerprint density at radius 3 is 2.54 bits per heavy atom. The number of nitro groups is 1. The van der Waals surface area contributed by atoms with Gasteiger partial charge in [0.1, 0.15) is 0 Å². The predicted octanol–water partition coefficient (Wildman–Crippen LogP) is 2.67. The number of rotatable bonds is 1. The molecule has 0 amide bonds. The van der Waals surface area contributed by atoms with Crippen LogP contribution >= 0.6 is 28.3 Å². The van der Waals surface area contributed by atoms with Gasteiger partial charge in [0.15, 0.2) is 0 Å². The quantitative estimate of drug-likeness (QED) is 0.483. The Bertz CT molecular complexity index is 344. The van der Waals surface area contributed by atoms with Crippen molar-refractivity contribution in [3.8, 4) is 0 Å². The Morgan fingerprint density at radius 1 is 1.54 bits per heavy atom. The van der Waals surface area contributed by atoms with E-state index in [4.69, 9.17) is 5.73 Å². The van der Waals surface area contributed by atoms with Gasteiger partial charge < -0.3 is 5.73 Å². The van der Waals surface area contributed by atoms with Crippen molar-refractivity contribution in [2.45, 2.75) is 6.92 Å². The Morgan fingerprint density at radius 2 is 2.08 bits per heavy atom. The second-order valence-corrected chi connectivity index (χ2v) is 3.31. The third-order valence-electron chi connectivity index (χ3n) is 1.58. The van der Waals surface area contributed by atoms with Crippen molar-refractivity contribution >= 4 is 39.7 Å². The standard InChI is InChI=1S/C7H7BrN2O2.ClH/c1-4-6(9)2-5(8)3-7(4)10(11)12;/h2-3H,9H2,1H3;1H. The Hall–Kier alpha value is -0.810. The minimum atomic E-state index is -0.448.